The molecule has 1 amide bonds. The number of H-pyrrole nitrogens is 1. The lowest BCUT2D eigenvalue weighted by molar-refractivity contribution is -0.128. The van der Waals surface area contributed by atoms with Gasteiger partial charge in [0, 0.05) is 5.02 Å². The highest BCUT2D eigenvalue weighted by atomic mass is 35.5. The van der Waals surface area contributed by atoms with E-state index in [-0.39, 0.29) is 6.42 Å². The number of aromatic amines is 1. The van der Waals surface area contributed by atoms with Gasteiger partial charge in [0.25, 0.3) is 0 Å². The smallest absolute Gasteiger partial charge is 0.245 e. The Morgan fingerprint density at radius 1 is 1.21 bits per heavy atom. The van der Waals surface area contributed by atoms with Crippen LogP contribution in [0.1, 0.15) is 55.4 Å². The van der Waals surface area contributed by atoms with Gasteiger partial charge in [0.1, 0.15) is 11.1 Å². The van der Waals surface area contributed by atoms with E-state index in [2.05, 4.69) is 9.97 Å². The van der Waals surface area contributed by atoms with Gasteiger partial charge in [-0.3, -0.25) is 4.79 Å². The first-order valence-electron chi connectivity index (χ1n) is 10.7. The number of sulfonamides is 1. The Kier molecular flexibility index (Phi) is 6.11. The fourth-order valence-corrected chi connectivity index (χ4v) is 6.90. The van der Waals surface area contributed by atoms with Crippen LogP contribution in [0.2, 0.25) is 5.02 Å². The Morgan fingerprint density at radius 3 is 2.52 bits per heavy atom. The van der Waals surface area contributed by atoms with E-state index in [0.29, 0.717) is 22.8 Å². The normalized spacial score (nSPS) is 19.1. The molecule has 1 fully saturated rings. The second-order valence-corrected chi connectivity index (χ2v) is 11.7. The summed E-state index contributed by atoms with van der Waals surface area (Å²) in [4.78, 5) is 20.2. The second-order valence-electron chi connectivity index (χ2n) is 9.28. The third-order valence-electron chi connectivity index (χ3n) is 5.71. The third-order valence-corrected chi connectivity index (χ3v) is 8.44. The first-order chi connectivity index (χ1) is 15.5. The standard InChI is InChI=1S/C24H27ClN4O3S/c1-24(2,3)29-22(30)13-21(33(29,31)32)17-10-9-15(11-18(17)25)12-19(26)23-27-14-20(28-23)16-7-5-4-6-8-16/h4-11,14,19,21H,12-13,26H2,1-3H3,(H,27,28)/t19-,21?/m0/s1. The molecule has 7 nitrogen and oxygen atoms in total. The van der Waals surface area contributed by atoms with Crippen molar-refractivity contribution < 1.29 is 13.2 Å². The Bertz CT molecular complexity index is 1280. The number of aromatic nitrogens is 2. The van der Waals surface area contributed by atoms with Crippen LogP contribution in [0.4, 0.5) is 0 Å². The summed E-state index contributed by atoms with van der Waals surface area (Å²) in [6.45, 7) is 5.11. The molecular weight excluding hydrogens is 460 g/mol. The summed E-state index contributed by atoms with van der Waals surface area (Å²) >= 11 is 6.50. The maximum absolute atomic E-state index is 13.1. The van der Waals surface area contributed by atoms with E-state index in [1.807, 2.05) is 36.4 Å². The van der Waals surface area contributed by atoms with Crippen LogP contribution in [-0.2, 0) is 21.2 Å². The van der Waals surface area contributed by atoms with Crippen molar-refractivity contribution >= 4 is 27.5 Å². The number of benzene rings is 2. The van der Waals surface area contributed by atoms with Gasteiger partial charge in [0.2, 0.25) is 15.9 Å². The molecule has 33 heavy (non-hydrogen) atoms. The summed E-state index contributed by atoms with van der Waals surface area (Å²) in [6, 6.07) is 14.7. The maximum Gasteiger partial charge on any atom is 0.245 e. The topological polar surface area (TPSA) is 109 Å². The number of nitrogens with one attached hydrogen (secondary N) is 1. The van der Waals surface area contributed by atoms with E-state index >= 15 is 0 Å². The predicted molar refractivity (Wildman–Crippen MR) is 129 cm³/mol. The highest BCUT2D eigenvalue weighted by Crippen LogP contribution is 2.42. The Balaban J connectivity index is 1.53. The first-order valence-corrected chi connectivity index (χ1v) is 12.6. The fourth-order valence-electron chi connectivity index (χ4n) is 4.24. The van der Waals surface area contributed by atoms with Gasteiger partial charge in [0.05, 0.1) is 29.9 Å². The number of amides is 1. The molecule has 174 valence electrons. The number of nitrogens with zero attached hydrogens (tertiary/aromatic N) is 2. The molecular formula is C24H27ClN4O3S. The molecule has 2 aromatic carbocycles. The number of nitrogens with two attached hydrogens (primary N) is 1. The molecule has 1 aliphatic heterocycles. The summed E-state index contributed by atoms with van der Waals surface area (Å²) < 4.78 is 27.1. The SMILES string of the molecule is CC(C)(C)N1C(=O)CC(c2ccc(C[C@H](N)c3ncc(-c4ccccc4)[nH]3)cc2Cl)S1(=O)=O. The molecule has 4 rings (SSSR count). The number of halogens is 1. The summed E-state index contributed by atoms with van der Waals surface area (Å²) in [6.07, 6.45) is 2.10. The predicted octanol–water partition coefficient (Wildman–Crippen LogP) is 4.37. The average Bonchev–Trinajstić information content (AvgIpc) is 3.31. The van der Waals surface area contributed by atoms with E-state index < -0.39 is 32.8 Å². The number of hydrogen-bond donors (Lipinski definition) is 2. The number of rotatable bonds is 5. The van der Waals surface area contributed by atoms with Crippen LogP contribution < -0.4 is 5.73 Å². The van der Waals surface area contributed by atoms with Crippen molar-refractivity contribution in [3.05, 3.63) is 76.7 Å². The van der Waals surface area contributed by atoms with Crippen LogP contribution in [-0.4, -0.2) is 34.1 Å². The molecule has 1 unspecified atom stereocenters. The number of carbonyl (C=O) groups excluding carboxylic acids is 1. The summed E-state index contributed by atoms with van der Waals surface area (Å²) in [5, 5.41) is -0.681. The van der Waals surface area contributed by atoms with E-state index in [1.165, 1.54) is 0 Å². The highest BCUT2D eigenvalue weighted by molar-refractivity contribution is 7.90. The van der Waals surface area contributed by atoms with Gasteiger partial charge in [-0.2, -0.15) is 0 Å². The quantitative estimate of drug-likeness (QED) is 0.556. The lowest BCUT2D eigenvalue weighted by atomic mass is 10.0. The van der Waals surface area contributed by atoms with Crippen molar-refractivity contribution in [1.29, 1.82) is 0 Å². The molecule has 3 N–H and O–H groups in total. The van der Waals surface area contributed by atoms with Gasteiger partial charge in [0.15, 0.2) is 0 Å². The van der Waals surface area contributed by atoms with E-state index in [9.17, 15) is 13.2 Å². The molecule has 9 heteroatoms. The van der Waals surface area contributed by atoms with Crippen molar-refractivity contribution in [3.8, 4) is 11.3 Å². The zero-order valence-electron chi connectivity index (χ0n) is 18.7. The van der Waals surface area contributed by atoms with Gasteiger partial charge in [-0.1, -0.05) is 54.1 Å². The van der Waals surface area contributed by atoms with Gasteiger partial charge >= 0.3 is 0 Å². The van der Waals surface area contributed by atoms with Crippen molar-refractivity contribution in [1.82, 2.24) is 14.3 Å². The second kappa shape index (κ2) is 8.59. The van der Waals surface area contributed by atoms with E-state index in [4.69, 9.17) is 17.3 Å². The molecule has 0 spiro atoms. The Labute approximate surface area is 199 Å². The van der Waals surface area contributed by atoms with E-state index in [0.717, 1.165) is 21.1 Å². The van der Waals surface area contributed by atoms with Gasteiger partial charge in [-0.05, 0) is 49.9 Å². The zero-order valence-corrected chi connectivity index (χ0v) is 20.3. The number of hydrogen-bond acceptors (Lipinski definition) is 5. The summed E-state index contributed by atoms with van der Waals surface area (Å²) in [7, 11) is -3.85. The third kappa shape index (κ3) is 4.55. The Morgan fingerprint density at radius 2 is 1.91 bits per heavy atom. The molecule has 0 bridgehead atoms. The van der Waals surface area contributed by atoms with Crippen LogP contribution in [0.3, 0.4) is 0 Å². The molecule has 1 saturated heterocycles. The molecule has 0 aliphatic carbocycles. The number of carbonyl (C=O) groups is 1. The molecule has 2 heterocycles. The highest BCUT2D eigenvalue weighted by Gasteiger charge is 2.50. The molecule has 1 aliphatic rings. The lowest BCUT2D eigenvalue weighted by Gasteiger charge is -2.30. The fraction of sp³-hybridized carbons (Fsp3) is 0.333. The minimum absolute atomic E-state index is 0.118. The summed E-state index contributed by atoms with van der Waals surface area (Å²) in [5.41, 5.74) is 8.73. The van der Waals surface area contributed by atoms with Gasteiger partial charge in [-0.15, -0.1) is 0 Å². The molecule has 0 saturated carbocycles. The molecule has 2 atom stereocenters. The average molecular weight is 487 g/mol. The Hall–Kier alpha value is -2.68. The maximum atomic E-state index is 13.1. The van der Waals surface area contributed by atoms with Crippen LogP contribution in [0.15, 0.2) is 54.7 Å². The minimum Gasteiger partial charge on any atom is -0.341 e. The van der Waals surface area contributed by atoms with Crippen LogP contribution in [0.5, 0.6) is 0 Å². The zero-order chi connectivity index (χ0) is 24.0. The van der Waals surface area contributed by atoms with Gasteiger partial charge < -0.3 is 10.7 Å². The van der Waals surface area contributed by atoms with Gasteiger partial charge in [-0.25, -0.2) is 17.7 Å². The first kappa shape index (κ1) is 23.5. The van der Waals surface area contributed by atoms with Crippen molar-refractivity contribution in [2.45, 2.75) is 50.4 Å². The van der Waals surface area contributed by atoms with Crippen molar-refractivity contribution in [2.75, 3.05) is 0 Å². The molecule has 1 aromatic heterocycles. The summed E-state index contributed by atoms with van der Waals surface area (Å²) in [5.74, 6) is 0.237. The van der Waals surface area contributed by atoms with Crippen LogP contribution in [0, 0.1) is 0 Å². The van der Waals surface area contributed by atoms with Crippen molar-refractivity contribution in [3.63, 3.8) is 0 Å². The monoisotopic (exact) mass is 486 g/mol. The number of imidazole rings is 1. The minimum atomic E-state index is -3.85. The largest absolute Gasteiger partial charge is 0.341 e. The molecule has 3 aromatic rings. The van der Waals surface area contributed by atoms with E-state index in [1.54, 1.807) is 39.1 Å². The lowest BCUT2D eigenvalue weighted by Crippen LogP contribution is -2.45. The molecule has 0 radical (unpaired) electrons. The van der Waals surface area contributed by atoms with Crippen LogP contribution >= 0.6 is 11.6 Å². The van der Waals surface area contributed by atoms with Crippen molar-refractivity contribution in [2.24, 2.45) is 5.73 Å². The van der Waals surface area contributed by atoms with Crippen LogP contribution in [0.25, 0.3) is 11.3 Å².